The molecular formula is C22H26O2S. The summed E-state index contributed by atoms with van der Waals surface area (Å²) in [6, 6.07) is 10.9. The number of allylic oxidation sites excluding steroid dienone is 2. The summed E-state index contributed by atoms with van der Waals surface area (Å²) in [5, 5.41) is 0. The van der Waals surface area contributed by atoms with Gasteiger partial charge in [-0.15, -0.1) is 0 Å². The topological polar surface area (TPSA) is 34.1 Å². The van der Waals surface area contributed by atoms with Crippen molar-refractivity contribution in [3.63, 3.8) is 0 Å². The summed E-state index contributed by atoms with van der Waals surface area (Å²) < 4.78 is 26.9. The zero-order valence-electron chi connectivity index (χ0n) is 15.4. The first-order valence-corrected chi connectivity index (χ1v) is 10.2. The normalized spacial score (nSPS) is 12.3. The number of hydrogen-bond acceptors (Lipinski definition) is 2. The van der Waals surface area contributed by atoms with E-state index in [0.29, 0.717) is 9.79 Å². The van der Waals surface area contributed by atoms with Crippen LogP contribution in [0.1, 0.15) is 48.9 Å². The van der Waals surface area contributed by atoms with Gasteiger partial charge >= 0.3 is 0 Å². The molecule has 0 N–H and O–H groups in total. The van der Waals surface area contributed by atoms with Gasteiger partial charge in [0.25, 0.3) is 0 Å². The Kier molecular flexibility index (Phi) is 6.38. The highest BCUT2D eigenvalue weighted by Gasteiger charge is 2.24. The molecule has 0 saturated carbocycles. The van der Waals surface area contributed by atoms with Gasteiger partial charge in [0, 0.05) is 0 Å². The predicted molar refractivity (Wildman–Crippen MR) is 106 cm³/mol. The molecule has 132 valence electrons. The third kappa shape index (κ3) is 4.10. The fraction of sp³-hybridized carbons (Fsp3) is 0.273. The lowest BCUT2D eigenvalue weighted by Crippen LogP contribution is -2.07. The van der Waals surface area contributed by atoms with Gasteiger partial charge in [0.15, 0.2) is 0 Å². The Morgan fingerprint density at radius 1 is 0.760 bits per heavy atom. The van der Waals surface area contributed by atoms with Gasteiger partial charge in [-0.1, -0.05) is 62.4 Å². The fourth-order valence-corrected chi connectivity index (χ4v) is 4.58. The highest BCUT2D eigenvalue weighted by Crippen LogP contribution is 2.31. The standard InChI is InChI=1S/C22H26O2S/c1-5-7-13-19-17(3)11-9-15-21(19)25(23,24)22-16-10-12-18(4)20(22)14-8-6-2/h7-16H,5-6H2,1-4H3. The third-order valence-electron chi connectivity index (χ3n) is 4.19. The number of rotatable bonds is 6. The lowest BCUT2D eigenvalue weighted by Gasteiger charge is -2.14. The Morgan fingerprint density at radius 2 is 1.16 bits per heavy atom. The summed E-state index contributed by atoms with van der Waals surface area (Å²) in [6.07, 6.45) is 9.55. The van der Waals surface area contributed by atoms with Crippen molar-refractivity contribution in [1.82, 2.24) is 0 Å². The van der Waals surface area contributed by atoms with Crippen LogP contribution in [0.3, 0.4) is 0 Å². The van der Waals surface area contributed by atoms with Crippen LogP contribution in [0.4, 0.5) is 0 Å². The average molecular weight is 355 g/mol. The van der Waals surface area contributed by atoms with Gasteiger partial charge in [-0.05, 0) is 61.1 Å². The molecule has 0 spiro atoms. The van der Waals surface area contributed by atoms with Crippen molar-refractivity contribution in [1.29, 1.82) is 0 Å². The predicted octanol–water partition coefficient (Wildman–Crippen LogP) is 5.98. The van der Waals surface area contributed by atoms with Crippen molar-refractivity contribution in [2.24, 2.45) is 0 Å². The summed E-state index contributed by atoms with van der Waals surface area (Å²) in [5.41, 5.74) is 3.47. The van der Waals surface area contributed by atoms with Gasteiger partial charge in [-0.25, -0.2) is 8.42 Å². The van der Waals surface area contributed by atoms with Gasteiger partial charge in [0.2, 0.25) is 9.84 Å². The highest BCUT2D eigenvalue weighted by molar-refractivity contribution is 7.91. The maximum absolute atomic E-state index is 13.4. The second-order valence-corrected chi connectivity index (χ2v) is 7.98. The molecule has 0 atom stereocenters. The summed E-state index contributed by atoms with van der Waals surface area (Å²) in [7, 11) is -3.61. The van der Waals surface area contributed by atoms with E-state index in [1.54, 1.807) is 12.1 Å². The van der Waals surface area contributed by atoms with Crippen LogP contribution in [0.2, 0.25) is 0 Å². The van der Waals surface area contributed by atoms with E-state index in [2.05, 4.69) is 0 Å². The molecule has 3 heteroatoms. The van der Waals surface area contributed by atoms with E-state index >= 15 is 0 Å². The van der Waals surface area contributed by atoms with Gasteiger partial charge in [-0.2, -0.15) is 0 Å². The Morgan fingerprint density at radius 3 is 1.52 bits per heavy atom. The number of sulfone groups is 1. The van der Waals surface area contributed by atoms with Gasteiger partial charge in [-0.3, -0.25) is 0 Å². The number of hydrogen-bond donors (Lipinski definition) is 0. The van der Waals surface area contributed by atoms with Crippen LogP contribution in [-0.4, -0.2) is 8.42 Å². The van der Waals surface area contributed by atoms with Gasteiger partial charge < -0.3 is 0 Å². The van der Waals surface area contributed by atoms with Crippen molar-refractivity contribution >= 4 is 22.0 Å². The van der Waals surface area contributed by atoms with Gasteiger partial charge in [0.1, 0.15) is 0 Å². The summed E-state index contributed by atoms with van der Waals surface area (Å²) in [5.74, 6) is 0. The summed E-state index contributed by atoms with van der Waals surface area (Å²) in [6.45, 7) is 7.97. The number of benzene rings is 2. The largest absolute Gasteiger partial charge is 0.218 e. The van der Waals surface area contributed by atoms with E-state index in [-0.39, 0.29) is 0 Å². The van der Waals surface area contributed by atoms with Crippen LogP contribution in [0.25, 0.3) is 12.2 Å². The van der Waals surface area contributed by atoms with E-state index in [9.17, 15) is 8.42 Å². The maximum Gasteiger partial charge on any atom is 0.207 e. The van der Waals surface area contributed by atoms with Crippen LogP contribution >= 0.6 is 0 Å². The van der Waals surface area contributed by atoms with Crippen LogP contribution in [-0.2, 0) is 9.84 Å². The molecule has 2 rings (SSSR count). The van der Waals surface area contributed by atoms with Crippen LogP contribution in [0, 0.1) is 13.8 Å². The lowest BCUT2D eigenvalue weighted by atomic mass is 10.1. The summed E-state index contributed by atoms with van der Waals surface area (Å²) in [4.78, 5) is 0.739. The molecule has 0 heterocycles. The molecule has 0 bridgehead atoms. The lowest BCUT2D eigenvalue weighted by molar-refractivity contribution is 0.595. The molecule has 0 aliphatic rings. The second kappa shape index (κ2) is 8.30. The monoisotopic (exact) mass is 354 g/mol. The van der Waals surface area contributed by atoms with Crippen LogP contribution < -0.4 is 0 Å². The minimum atomic E-state index is -3.61. The molecule has 2 aromatic rings. The molecule has 0 aliphatic carbocycles. The van der Waals surface area contributed by atoms with E-state index in [1.807, 2.05) is 76.3 Å². The smallest absolute Gasteiger partial charge is 0.207 e. The highest BCUT2D eigenvalue weighted by atomic mass is 32.2. The van der Waals surface area contributed by atoms with E-state index in [4.69, 9.17) is 0 Å². The Bertz CT molecular complexity index is 834. The van der Waals surface area contributed by atoms with E-state index in [1.165, 1.54) is 0 Å². The first-order chi connectivity index (χ1) is 11.9. The fourth-order valence-electron chi connectivity index (χ4n) is 2.79. The molecule has 0 aliphatic heterocycles. The Hall–Kier alpha value is -2.13. The molecule has 0 saturated heterocycles. The molecule has 2 aromatic carbocycles. The Labute approximate surface area is 151 Å². The average Bonchev–Trinajstić information content (AvgIpc) is 2.59. The van der Waals surface area contributed by atoms with E-state index in [0.717, 1.165) is 35.1 Å². The van der Waals surface area contributed by atoms with Crippen LogP contribution in [0.15, 0.2) is 58.3 Å². The Balaban J connectivity index is 2.74. The quantitative estimate of drug-likeness (QED) is 0.639. The molecule has 0 fully saturated rings. The number of aryl methyl sites for hydroxylation is 2. The van der Waals surface area contributed by atoms with Crippen molar-refractivity contribution < 1.29 is 8.42 Å². The molecule has 25 heavy (non-hydrogen) atoms. The van der Waals surface area contributed by atoms with Crippen molar-refractivity contribution in [2.45, 2.75) is 50.3 Å². The van der Waals surface area contributed by atoms with Crippen molar-refractivity contribution in [2.75, 3.05) is 0 Å². The van der Waals surface area contributed by atoms with Crippen molar-refractivity contribution in [3.8, 4) is 0 Å². The first kappa shape index (κ1) is 19.2. The molecule has 0 amide bonds. The van der Waals surface area contributed by atoms with Crippen LogP contribution in [0.5, 0.6) is 0 Å². The zero-order chi connectivity index (χ0) is 18.4. The second-order valence-electron chi connectivity index (χ2n) is 6.10. The molecule has 0 aromatic heterocycles. The molecule has 2 nitrogen and oxygen atoms in total. The van der Waals surface area contributed by atoms with Gasteiger partial charge in [0.05, 0.1) is 9.79 Å². The molecule has 0 radical (unpaired) electrons. The maximum atomic E-state index is 13.4. The third-order valence-corrected chi connectivity index (χ3v) is 6.06. The van der Waals surface area contributed by atoms with Crippen molar-refractivity contribution in [3.05, 3.63) is 70.8 Å². The minimum absolute atomic E-state index is 0.369. The minimum Gasteiger partial charge on any atom is -0.218 e. The van der Waals surface area contributed by atoms with E-state index < -0.39 is 9.84 Å². The molecular weight excluding hydrogens is 328 g/mol. The molecule has 0 unspecified atom stereocenters. The first-order valence-electron chi connectivity index (χ1n) is 8.70. The summed E-state index contributed by atoms with van der Waals surface area (Å²) >= 11 is 0. The SMILES string of the molecule is CCC=Cc1c(C)cccc1S(=O)(=O)c1cccc(C)c1C=CCC. The zero-order valence-corrected chi connectivity index (χ0v) is 16.2.